The zero-order valence-electron chi connectivity index (χ0n) is 7.99. The van der Waals surface area contributed by atoms with Crippen molar-refractivity contribution in [3.63, 3.8) is 0 Å². The maximum atomic E-state index is 12.2. The largest absolute Gasteiger partial charge is 0.573 e. The lowest BCUT2D eigenvalue weighted by Crippen LogP contribution is -2.18. The third-order valence-electron chi connectivity index (χ3n) is 2.67. The average Bonchev–Trinajstić information content (AvgIpc) is 2.75. The fourth-order valence-electron chi connectivity index (χ4n) is 2.12. The standard InChI is InChI=1S/C11H7F3O2/c12-11(13,14)16-9-3-1-2-6-7-4-5-8(15-7)10(6)9/h1-5,7-8H/t7-,8+/m0/s1. The monoisotopic (exact) mass is 228 g/mol. The molecule has 5 heteroatoms. The van der Waals surface area contributed by atoms with Crippen LogP contribution in [0.3, 0.4) is 0 Å². The molecule has 16 heavy (non-hydrogen) atoms. The second kappa shape index (κ2) is 3.01. The van der Waals surface area contributed by atoms with Gasteiger partial charge < -0.3 is 9.47 Å². The molecule has 0 saturated heterocycles. The molecular formula is C11H7F3O2. The van der Waals surface area contributed by atoms with Crippen molar-refractivity contribution in [1.82, 2.24) is 0 Å². The maximum absolute atomic E-state index is 12.2. The van der Waals surface area contributed by atoms with E-state index in [0.29, 0.717) is 5.56 Å². The molecule has 2 aliphatic rings. The SMILES string of the molecule is FC(F)(F)Oc1cccc2c1[C@H]1C=C[C@@H]2O1. The third kappa shape index (κ3) is 1.39. The van der Waals surface area contributed by atoms with Gasteiger partial charge in [-0.05, 0) is 11.6 Å². The third-order valence-corrected chi connectivity index (χ3v) is 2.67. The van der Waals surface area contributed by atoms with E-state index in [1.165, 1.54) is 12.1 Å². The smallest absolute Gasteiger partial charge is 0.405 e. The number of rotatable bonds is 1. The molecule has 0 aliphatic carbocycles. The first-order chi connectivity index (χ1) is 7.54. The highest BCUT2D eigenvalue weighted by Gasteiger charge is 2.39. The topological polar surface area (TPSA) is 18.5 Å². The van der Waals surface area contributed by atoms with E-state index >= 15 is 0 Å². The quantitative estimate of drug-likeness (QED) is 0.687. The summed E-state index contributed by atoms with van der Waals surface area (Å²) in [5.41, 5.74) is 1.25. The highest BCUT2D eigenvalue weighted by molar-refractivity contribution is 5.51. The van der Waals surface area contributed by atoms with Crippen LogP contribution in [0.2, 0.25) is 0 Å². The Balaban J connectivity index is 2.04. The number of fused-ring (bicyclic) bond motifs is 5. The molecule has 1 aromatic carbocycles. The van der Waals surface area contributed by atoms with Crippen LogP contribution in [0.4, 0.5) is 13.2 Å². The molecular weight excluding hydrogens is 221 g/mol. The van der Waals surface area contributed by atoms with Gasteiger partial charge in [0.05, 0.1) is 0 Å². The van der Waals surface area contributed by atoms with Crippen LogP contribution in [-0.4, -0.2) is 6.36 Å². The first-order valence-electron chi connectivity index (χ1n) is 4.77. The maximum Gasteiger partial charge on any atom is 0.573 e. The molecule has 0 aromatic heterocycles. The molecule has 0 saturated carbocycles. The molecule has 0 radical (unpaired) electrons. The highest BCUT2D eigenvalue weighted by Crippen LogP contribution is 2.50. The zero-order valence-corrected chi connectivity index (χ0v) is 7.99. The van der Waals surface area contributed by atoms with Crippen LogP contribution in [0.5, 0.6) is 5.75 Å². The summed E-state index contributed by atoms with van der Waals surface area (Å²) < 4.78 is 45.9. The Labute approximate surface area is 89.3 Å². The van der Waals surface area contributed by atoms with Gasteiger partial charge in [0, 0.05) is 5.56 Å². The Hall–Kier alpha value is -1.49. The van der Waals surface area contributed by atoms with E-state index in [1.54, 1.807) is 12.1 Å². The lowest BCUT2D eigenvalue weighted by Gasteiger charge is -2.15. The van der Waals surface area contributed by atoms with Crippen LogP contribution in [-0.2, 0) is 4.74 Å². The summed E-state index contributed by atoms with van der Waals surface area (Å²) in [4.78, 5) is 0. The molecule has 0 fully saturated rings. The Morgan fingerprint density at radius 3 is 2.62 bits per heavy atom. The Bertz CT molecular complexity index is 465. The van der Waals surface area contributed by atoms with Crippen molar-refractivity contribution >= 4 is 0 Å². The minimum atomic E-state index is -4.67. The van der Waals surface area contributed by atoms with E-state index in [9.17, 15) is 13.2 Å². The normalized spacial score (nSPS) is 25.9. The second-order valence-electron chi connectivity index (χ2n) is 3.67. The molecule has 2 heterocycles. The van der Waals surface area contributed by atoms with E-state index in [1.807, 2.05) is 6.08 Å². The summed E-state index contributed by atoms with van der Waals surface area (Å²) in [5.74, 6) is -0.165. The molecule has 0 unspecified atom stereocenters. The number of alkyl halides is 3. The number of benzene rings is 1. The van der Waals surface area contributed by atoms with E-state index < -0.39 is 12.5 Å². The van der Waals surface area contributed by atoms with Gasteiger partial charge in [0.1, 0.15) is 18.0 Å². The highest BCUT2D eigenvalue weighted by atomic mass is 19.4. The predicted molar refractivity (Wildman–Crippen MR) is 48.8 cm³/mol. The first-order valence-corrected chi connectivity index (χ1v) is 4.77. The second-order valence-corrected chi connectivity index (χ2v) is 3.67. The van der Waals surface area contributed by atoms with Crippen molar-refractivity contribution in [2.45, 2.75) is 18.6 Å². The Morgan fingerprint density at radius 1 is 1.12 bits per heavy atom. The van der Waals surface area contributed by atoms with Gasteiger partial charge in [-0.3, -0.25) is 0 Å². The van der Waals surface area contributed by atoms with E-state index in [2.05, 4.69) is 4.74 Å². The molecule has 0 amide bonds. The summed E-state index contributed by atoms with van der Waals surface area (Å²) in [5, 5.41) is 0. The number of ether oxygens (including phenoxy) is 2. The van der Waals surface area contributed by atoms with Gasteiger partial charge in [-0.1, -0.05) is 24.3 Å². The number of hydrogen-bond acceptors (Lipinski definition) is 2. The van der Waals surface area contributed by atoms with Crippen molar-refractivity contribution in [3.8, 4) is 5.75 Å². The number of halogens is 3. The first kappa shape index (κ1) is 9.72. The van der Waals surface area contributed by atoms with Gasteiger partial charge in [-0.2, -0.15) is 0 Å². The van der Waals surface area contributed by atoms with Gasteiger partial charge in [0.2, 0.25) is 0 Å². The van der Waals surface area contributed by atoms with Gasteiger partial charge in [0.15, 0.2) is 0 Å². The van der Waals surface area contributed by atoms with Crippen molar-refractivity contribution in [2.75, 3.05) is 0 Å². The molecule has 2 nitrogen and oxygen atoms in total. The van der Waals surface area contributed by atoms with Gasteiger partial charge >= 0.3 is 6.36 Å². The Morgan fingerprint density at radius 2 is 1.88 bits per heavy atom. The van der Waals surface area contributed by atoms with Gasteiger partial charge in [0.25, 0.3) is 0 Å². The molecule has 3 rings (SSSR count). The fraction of sp³-hybridized carbons (Fsp3) is 0.273. The van der Waals surface area contributed by atoms with E-state index in [0.717, 1.165) is 5.56 Å². The molecule has 0 N–H and O–H groups in total. The van der Waals surface area contributed by atoms with E-state index in [4.69, 9.17) is 4.74 Å². The van der Waals surface area contributed by atoms with Crippen molar-refractivity contribution in [3.05, 3.63) is 41.5 Å². The molecule has 2 aliphatic heterocycles. The fourth-order valence-corrected chi connectivity index (χ4v) is 2.12. The molecule has 2 atom stereocenters. The van der Waals surface area contributed by atoms with Crippen LogP contribution < -0.4 is 4.74 Å². The van der Waals surface area contributed by atoms with Crippen molar-refractivity contribution < 1.29 is 22.6 Å². The summed E-state index contributed by atoms with van der Waals surface area (Å²) >= 11 is 0. The molecule has 84 valence electrons. The average molecular weight is 228 g/mol. The molecule has 2 bridgehead atoms. The molecule has 0 spiro atoms. The van der Waals surface area contributed by atoms with Crippen LogP contribution in [0.1, 0.15) is 23.3 Å². The van der Waals surface area contributed by atoms with E-state index in [-0.39, 0.29) is 11.9 Å². The predicted octanol–water partition coefficient (Wildman–Crippen LogP) is 3.27. The lowest BCUT2D eigenvalue weighted by atomic mass is 9.96. The summed E-state index contributed by atoms with van der Waals surface area (Å²) in [6, 6.07) is 4.61. The van der Waals surface area contributed by atoms with Crippen LogP contribution in [0.15, 0.2) is 30.4 Å². The summed E-state index contributed by atoms with van der Waals surface area (Å²) in [6.07, 6.45) is -1.71. The minimum absolute atomic E-state index is 0.165. The molecule has 1 aromatic rings. The minimum Gasteiger partial charge on any atom is -0.405 e. The van der Waals surface area contributed by atoms with Crippen molar-refractivity contribution in [2.24, 2.45) is 0 Å². The summed E-state index contributed by atoms with van der Waals surface area (Å²) in [7, 11) is 0. The lowest BCUT2D eigenvalue weighted by molar-refractivity contribution is -0.275. The van der Waals surface area contributed by atoms with Crippen molar-refractivity contribution in [1.29, 1.82) is 0 Å². The van der Waals surface area contributed by atoms with Crippen LogP contribution in [0, 0.1) is 0 Å². The van der Waals surface area contributed by atoms with Gasteiger partial charge in [-0.15, -0.1) is 13.2 Å². The summed E-state index contributed by atoms with van der Waals surface area (Å²) in [6.45, 7) is 0. The Kier molecular flexibility index (Phi) is 1.83. The zero-order chi connectivity index (χ0) is 11.3. The van der Waals surface area contributed by atoms with Gasteiger partial charge in [-0.25, -0.2) is 0 Å². The van der Waals surface area contributed by atoms with Crippen LogP contribution in [0.25, 0.3) is 0 Å². The number of hydrogen-bond donors (Lipinski definition) is 0. The van der Waals surface area contributed by atoms with Crippen LogP contribution >= 0.6 is 0 Å².